The van der Waals surface area contributed by atoms with Crippen molar-refractivity contribution >= 4 is 28.2 Å². The molecule has 0 aliphatic heterocycles. The smallest absolute Gasteiger partial charge is 0.226 e. The van der Waals surface area contributed by atoms with E-state index in [4.69, 9.17) is 10.9 Å². The summed E-state index contributed by atoms with van der Waals surface area (Å²) in [5.74, 6) is -0.236. The van der Waals surface area contributed by atoms with Crippen molar-refractivity contribution in [2.75, 3.05) is 5.32 Å². The van der Waals surface area contributed by atoms with E-state index in [0.29, 0.717) is 22.1 Å². The van der Waals surface area contributed by atoms with Crippen molar-refractivity contribution in [3.05, 3.63) is 35.2 Å². The number of nitrogens with zero attached hydrogens (tertiary/aromatic N) is 2. The van der Waals surface area contributed by atoms with E-state index < -0.39 is 0 Å². The Bertz CT molecular complexity index is 696. The number of carbonyl (C=O) groups is 1. The Labute approximate surface area is 139 Å². The first-order valence-corrected chi connectivity index (χ1v) is 8.29. The van der Waals surface area contributed by atoms with Crippen LogP contribution in [0.2, 0.25) is 0 Å². The van der Waals surface area contributed by atoms with Crippen molar-refractivity contribution in [1.82, 2.24) is 4.98 Å². The zero-order valence-electron chi connectivity index (χ0n) is 12.9. The molecule has 0 aliphatic rings. The average molecular weight is 329 g/mol. The van der Waals surface area contributed by atoms with Crippen LogP contribution in [-0.2, 0) is 4.79 Å². The molecule has 120 valence electrons. The highest BCUT2D eigenvalue weighted by Crippen LogP contribution is 2.31. The van der Waals surface area contributed by atoms with Gasteiger partial charge in [-0.2, -0.15) is 0 Å². The van der Waals surface area contributed by atoms with Crippen LogP contribution in [0.5, 0.6) is 0 Å². The summed E-state index contributed by atoms with van der Waals surface area (Å²) in [4.78, 5) is 16.8. The second-order valence-electron chi connectivity index (χ2n) is 5.03. The first-order valence-electron chi connectivity index (χ1n) is 7.48. The number of unbranched alkanes of at least 4 members (excludes halogenated alkanes) is 2. The normalized spacial score (nSPS) is 10.3. The number of amides is 1. The van der Waals surface area contributed by atoms with Gasteiger partial charge in [0.15, 0.2) is 11.0 Å². The molecule has 7 heteroatoms. The summed E-state index contributed by atoms with van der Waals surface area (Å²) in [7, 11) is 0. The molecule has 1 aromatic carbocycles. The van der Waals surface area contributed by atoms with Gasteiger partial charge in [-0.05, 0) is 6.42 Å². The van der Waals surface area contributed by atoms with Gasteiger partial charge in [0, 0.05) is 12.0 Å². The molecule has 2 aromatic rings. The summed E-state index contributed by atoms with van der Waals surface area (Å²) in [5.41, 5.74) is 8.46. The number of aromatic nitrogens is 1. The van der Waals surface area contributed by atoms with Gasteiger partial charge in [-0.1, -0.05) is 61.4 Å². The largest absolute Gasteiger partial charge is 0.302 e. The summed E-state index contributed by atoms with van der Waals surface area (Å²) in [6.07, 6.45) is 3.40. The number of hydrogen-bond acceptors (Lipinski definition) is 5. The number of rotatable bonds is 7. The number of anilines is 1. The molecule has 0 radical (unpaired) electrons. The second-order valence-corrected chi connectivity index (χ2v) is 6.03. The van der Waals surface area contributed by atoms with E-state index in [1.54, 1.807) is 0 Å². The maximum Gasteiger partial charge on any atom is 0.226 e. The highest BCUT2D eigenvalue weighted by atomic mass is 32.1. The lowest BCUT2D eigenvalue weighted by Crippen LogP contribution is -2.10. The Balaban J connectivity index is 2.22. The molecule has 0 saturated heterocycles. The van der Waals surface area contributed by atoms with E-state index in [1.807, 2.05) is 30.3 Å². The fourth-order valence-corrected chi connectivity index (χ4v) is 2.99. The molecule has 1 heterocycles. The summed E-state index contributed by atoms with van der Waals surface area (Å²) < 4.78 is 0. The van der Waals surface area contributed by atoms with E-state index in [2.05, 4.69) is 22.3 Å². The Morgan fingerprint density at radius 1 is 1.30 bits per heavy atom. The number of hydrogen-bond donors (Lipinski definition) is 3. The Morgan fingerprint density at radius 2 is 2.04 bits per heavy atom. The summed E-state index contributed by atoms with van der Waals surface area (Å²) in [6.45, 7) is 2.09. The molecule has 0 atom stereocenters. The van der Waals surface area contributed by atoms with Gasteiger partial charge in [0.1, 0.15) is 4.88 Å². The summed E-state index contributed by atoms with van der Waals surface area (Å²) in [6, 6.07) is 9.41. The lowest BCUT2D eigenvalue weighted by Gasteiger charge is -2.00. The van der Waals surface area contributed by atoms with Crippen LogP contribution < -0.4 is 5.32 Å². The summed E-state index contributed by atoms with van der Waals surface area (Å²) in [5, 5.41) is 14.2. The molecular weight excluding hydrogens is 310 g/mol. The fraction of sp³-hybridized carbons (Fsp3) is 0.312. The standard InChI is InChI=1S/C16H19N5OS/c1-2-3-5-10-12(22)19-16-20-13(11-8-6-4-7-9-11)14(23-16)15(17)21-18/h4,6-9,17-18H,2-3,5,10H2,1H3,(H,19,20,22). The predicted molar refractivity (Wildman–Crippen MR) is 92.3 cm³/mol. The Kier molecular flexibility index (Phi) is 6.10. The van der Waals surface area contributed by atoms with Crippen molar-refractivity contribution < 1.29 is 4.79 Å². The van der Waals surface area contributed by atoms with Crippen molar-refractivity contribution in [1.29, 1.82) is 10.9 Å². The molecule has 0 fully saturated rings. The number of amidine groups is 1. The molecule has 0 unspecified atom stereocenters. The van der Waals surface area contributed by atoms with Crippen LogP contribution in [0.15, 0.2) is 35.4 Å². The van der Waals surface area contributed by atoms with E-state index in [0.717, 1.165) is 24.8 Å². The molecule has 23 heavy (non-hydrogen) atoms. The number of benzene rings is 1. The van der Waals surface area contributed by atoms with Crippen LogP contribution in [0.3, 0.4) is 0 Å². The van der Waals surface area contributed by atoms with E-state index in [1.165, 1.54) is 11.3 Å². The van der Waals surface area contributed by atoms with Gasteiger partial charge in [0.05, 0.1) is 5.69 Å². The van der Waals surface area contributed by atoms with Crippen molar-refractivity contribution in [3.63, 3.8) is 0 Å². The first-order chi connectivity index (χ1) is 11.2. The molecule has 0 saturated carbocycles. The van der Waals surface area contributed by atoms with Crippen molar-refractivity contribution in [2.24, 2.45) is 5.11 Å². The lowest BCUT2D eigenvalue weighted by atomic mass is 10.1. The molecule has 6 nitrogen and oxygen atoms in total. The number of thiazole rings is 1. The minimum absolute atomic E-state index is 0.0762. The molecular formula is C16H19N5OS. The molecule has 0 bridgehead atoms. The van der Waals surface area contributed by atoms with Gasteiger partial charge in [0.2, 0.25) is 5.91 Å². The molecule has 1 amide bonds. The van der Waals surface area contributed by atoms with Crippen LogP contribution in [0.4, 0.5) is 5.13 Å². The molecule has 3 N–H and O–H groups in total. The quantitative estimate of drug-likeness (QED) is 0.297. The third-order valence-electron chi connectivity index (χ3n) is 3.26. The highest BCUT2D eigenvalue weighted by molar-refractivity contribution is 7.18. The number of nitrogens with one attached hydrogen (secondary N) is 3. The molecule has 0 aliphatic carbocycles. The topological polar surface area (TPSA) is 102 Å². The third-order valence-corrected chi connectivity index (χ3v) is 4.23. The van der Waals surface area contributed by atoms with Gasteiger partial charge in [-0.3, -0.25) is 10.2 Å². The monoisotopic (exact) mass is 329 g/mol. The molecule has 1 aromatic heterocycles. The van der Waals surface area contributed by atoms with Gasteiger partial charge in [0.25, 0.3) is 0 Å². The van der Waals surface area contributed by atoms with Crippen LogP contribution >= 0.6 is 11.3 Å². The molecule has 2 rings (SSSR count). The lowest BCUT2D eigenvalue weighted by molar-refractivity contribution is -0.116. The maximum absolute atomic E-state index is 11.9. The Hall–Kier alpha value is -2.41. The van der Waals surface area contributed by atoms with Crippen LogP contribution in [0.25, 0.3) is 11.3 Å². The number of carbonyl (C=O) groups excluding carboxylic acids is 1. The van der Waals surface area contributed by atoms with Crippen molar-refractivity contribution in [3.8, 4) is 11.3 Å². The van der Waals surface area contributed by atoms with Gasteiger partial charge < -0.3 is 5.32 Å². The average Bonchev–Trinajstić information content (AvgIpc) is 2.99. The van der Waals surface area contributed by atoms with Gasteiger partial charge in [-0.15, -0.1) is 5.11 Å². The minimum Gasteiger partial charge on any atom is -0.302 e. The maximum atomic E-state index is 11.9. The van der Waals surface area contributed by atoms with E-state index in [9.17, 15) is 4.79 Å². The Morgan fingerprint density at radius 3 is 2.70 bits per heavy atom. The van der Waals surface area contributed by atoms with Gasteiger partial charge in [-0.25, -0.2) is 10.5 Å². The van der Waals surface area contributed by atoms with Crippen LogP contribution in [0, 0.1) is 10.9 Å². The predicted octanol–water partition coefficient (Wildman–Crippen LogP) is 4.69. The van der Waals surface area contributed by atoms with Crippen LogP contribution in [-0.4, -0.2) is 16.7 Å². The zero-order valence-corrected chi connectivity index (χ0v) is 13.7. The highest BCUT2D eigenvalue weighted by Gasteiger charge is 2.18. The first kappa shape index (κ1) is 17.0. The van der Waals surface area contributed by atoms with Gasteiger partial charge >= 0.3 is 0 Å². The molecule has 0 spiro atoms. The second kappa shape index (κ2) is 8.28. The zero-order chi connectivity index (χ0) is 16.7. The summed E-state index contributed by atoms with van der Waals surface area (Å²) >= 11 is 1.17. The van der Waals surface area contributed by atoms with Crippen molar-refractivity contribution in [2.45, 2.75) is 32.6 Å². The fourth-order valence-electron chi connectivity index (χ4n) is 2.09. The van der Waals surface area contributed by atoms with Crippen LogP contribution in [0.1, 0.15) is 37.5 Å². The third kappa shape index (κ3) is 4.53. The SMILES string of the molecule is CCCCCC(=O)Nc1nc(-c2ccccc2)c(C(=N)N=N)s1. The van der Waals surface area contributed by atoms with E-state index in [-0.39, 0.29) is 11.7 Å². The van der Waals surface area contributed by atoms with E-state index >= 15 is 0 Å². The minimum atomic E-state index is -0.159.